The number of carbonyl (C=O) groups is 2. The minimum Gasteiger partial charge on any atom is -0.443 e. The van der Waals surface area contributed by atoms with Gasteiger partial charge in [-0.05, 0) is 37.5 Å². The lowest BCUT2D eigenvalue weighted by Crippen LogP contribution is -2.73. The molecule has 0 spiro atoms. The summed E-state index contributed by atoms with van der Waals surface area (Å²) >= 11 is 0. The lowest BCUT2D eigenvalue weighted by atomic mass is 9.51. The Labute approximate surface area is 119 Å². The van der Waals surface area contributed by atoms with Crippen LogP contribution >= 0.6 is 0 Å². The van der Waals surface area contributed by atoms with Gasteiger partial charge in [0.1, 0.15) is 5.78 Å². The fourth-order valence-electron chi connectivity index (χ4n) is 5.70. The molecule has 1 saturated carbocycles. The van der Waals surface area contributed by atoms with Crippen LogP contribution in [0.5, 0.6) is 0 Å². The van der Waals surface area contributed by atoms with Crippen LogP contribution in [0.2, 0.25) is 0 Å². The lowest BCUT2D eigenvalue weighted by molar-refractivity contribution is -0.283. The Kier molecular flexibility index (Phi) is 2.60. The Hall–Kier alpha value is -0.900. The number of ether oxygens (including phenoxy) is 1. The van der Waals surface area contributed by atoms with Gasteiger partial charge in [-0.1, -0.05) is 6.92 Å². The van der Waals surface area contributed by atoms with Crippen LogP contribution < -0.4 is 0 Å². The Morgan fingerprint density at radius 3 is 2.90 bits per heavy atom. The fraction of sp³-hybridized carbons (Fsp3) is 0.875. The second kappa shape index (κ2) is 4.06. The summed E-state index contributed by atoms with van der Waals surface area (Å²) in [6, 6.07) is 0. The first-order chi connectivity index (χ1) is 9.58. The molecule has 0 amide bonds. The highest BCUT2D eigenvalue weighted by Gasteiger charge is 2.71. The topological polar surface area (TPSA) is 46.6 Å². The van der Waals surface area contributed by atoms with Crippen LogP contribution in [-0.2, 0) is 14.3 Å². The lowest BCUT2D eigenvalue weighted by Gasteiger charge is -2.64. The predicted octanol–water partition coefficient (Wildman–Crippen LogP) is 2.12. The van der Waals surface area contributed by atoms with Crippen molar-refractivity contribution in [2.45, 2.75) is 57.6 Å². The second-order valence-electron chi connectivity index (χ2n) is 7.29. The monoisotopic (exact) mass is 277 g/mol. The van der Waals surface area contributed by atoms with Gasteiger partial charge in [-0.2, -0.15) is 0 Å². The molecule has 3 heterocycles. The average Bonchev–Trinajstić information content (AvgIpc) is 2.43. The van der Waals surface area contributed by atoms with Crippen molar-refractivity contribution in [1.29, 1.82) is 0 Å². The van der Waals surface area contributed by atoms with Gasteiger partial charge in [0.05, 0.1) is 5.41 Å². The van der Waals surface area contributed by atoms with E-state index in [9.17, 15) is 9.59 Å². The van der Waals surface area contributed by atoms with E-state index in [4.69, 9.17) is 4.74 Å². The van der Waals surface area contributed by atoms with Crippen molar-refractivity contribution in [2.75, 3.05) is 13.1 Å². The standard InChI is InChI=1S/C16H23NO3/c1-11-8-12-9-14(19)20-16(10-11)15(12)5-3-7-17(16)6-2-4-13(15)18/h11-12H,2-10H2,1H3/t11?,12?,15?,16-/m0/s1. The zero-order valence-corrected chi connectivity index (χ0v) is 12.2. The normalized spacial score (nSPS) is 51.0. The smallest absolute Gasteiger partial charge is 0.307 e. The quantitative estimate of drug-likeness (QED) is 0.636. The fourth-order valence-corrected chi connectivity index (χ4v) is 5.70. The molecule has 1 aliphatic carbocycles. The van der Waals surface area contributed by atoms with Crippen LogP contribution in [0, 0.1) is 17.3 Å². The van der Waals surface area contributed by atoms with Gasteiger partial charge in [0.15, 0.2) is 5.72 Å². The van der Waals surface area contributed by atoms with Gasteiger partial charge in [0.25, 0.3) is 0 Å². The molecule has 4 bridgehead atoms. The van der Waals surface area contributed by atoms with E-state index in [1.54, 1.807) is 0 Å². The molecular weight excluding hydrogens is 254 g/mol. The number of hydrogen-bond acceptors (Lipinski definition) is 4. The van der Waals surface area contributed by atoms with Gasteiger partial charge in [-0.3, -0.25) is 14.5 Å². The van der Waals surface area contributed by atoms with E-state index < -0.39 is 5.72 Å². The molecule has 0 aromatic carbocycles. The number of esters is 1. The molecule has 3 aliphatic heterocycles. The Morgan fingerprint density at radius 2 is 2.05 bits per heavy atom. The maximum atomic E-state index is 13.0. The van der Waals surface area contributed by atoms with Gasteiger partial charge < -0.3 is 4.74 Å². The van der Waals surface area contributed by atoms with Crippen LogP contribution in [0.3, 0.4) is 0 Å². The van der Waals surface area contributed by atoms with Crippen LogP contribution in [-0.4, -0.2) is 35.5 Å². The third kappa shape index (κ3) is 1.36. The summed E-state index contributed by atoms with van der Waals surface area (Å²) in [6.07, 6.45) is 5.88. The highest BCUT2D eigenvalue weighted by molar-refractivity contribution is 5.89. The van der Waals surface area contributed by atoms with Crippen molar-refractivity contribution in [2.24, 2.45) is 17.3 Å². The van der Waals surface area contributed by atoms with Gasteiger partial charge in [0, 0.05) is 32.4 Å². The van der Waals surface area contributed by atoms with Gasteiger partial charge in [0.2, 0.25) is 0 Å². The molecule has 3 saturated heterocycles. The van der Waals surface area contributed by atoms with Gasteiger partial charge in [-0.15, -0.1) is 0 Å². The number of carbonyl (C=O) groups excluding carboxylic acids is 2. The first-order valence-electron chi connectivity index (χ1n) is 8.09. The van der Waals surface area contributed by atoms with Crippen LogP contribution in [0.4, 0.5) is 0 Å². The first kappa shape index (κ1) is 12.8. The highest BCUT2D eigenvalue weighted by Crippen LogP contribution is 2.63. The summed E-state index contributed by atoms with van der Waals surface area (Å²) in [7, 11) is 0. The molecule has 4 nitrogen and oxygen atoms in total. The SMILES string of the molecule is CC1CC2CC(=O)O[C@]3(C1)N1CCCC(=O)C23CCC1. The van der Waals surface area contributed by atoms with Gasteiger partial charge in [-0.25, -0.2) is 0 Å². The number of hydrogen-bond donors (Lipinski definition) is 0. The number of piperidine rings is 1. The second-order valence-corrected chi connectivity index (χ2v) is 7.29. The highest BCUT2D eigenvalue weighted by atomic mass is 16.6. The van der Waals surface area contributed by atoms with E-state index in [1.807, 2.05) is 0 Å². The van der Waals surface area contributed by atoms with E-state index in [2.05, 4.69) is 11.8 Å². The molecule has 5 atom stereocenters. The van der Waals surface area contributed by atoms with E-state index in [0.29, 0.717) is 24.5 Å². The Balaban J connectivity index is 1.92. The maximum absolute atomic E-state index is 13.0. The summed E-state index contributed by atoms with van der Waals surface area (Å²) in [5.41, 5.74) is -0.987. The summed E-state index contributed by atoms with van der Waals surface area (Å²) in [4.78, 5) is 27.5. The van der Waals surface area contributed by atoms with Crippen molar-refractivity contribution >= 4 is 11.8 Å². The molecule has 4 heteroatoms. The largest absolute Gasteiger partial charge is 0.443 e. The zero-order chi connectivity index (χ0) is 14.0. The number of nitrogens with zero attached hydrogens (tertiary/aromatic N) is 1. The average molecular weight is 277 g/mol. The summed E-state index contributed by atoms with van der Waals surface area (Å²) in [6.45, 7) is 4.12. The van der Waals surface area contributed by atoms with Crippen molar-refractivity contribution < 1.29 is 14.3 Å². The van der Waals surface area contributed by atoms with Crippen LogP contribution in [0.15, 0.2) is 0 Å². The van der Waals surface area contributed by atoms with Crippen molar-refractivity contribution in [3.63, 3.8) is 0 Å². The van der Waals surface area contributed by atoms with Gasteiger partial charge >= 0.3 is 5.97 Å². The minimum absolute atomic E-state index is 0.0841. The summed E-state index contributed by atoms with van der Waals surface area (Å²) < 4.78 is 5.99. The molecule has 4 fully saturated rings. The molecule has 0 radical (unpaired) electrons. The van der Waals surface area contributed by atoms with Crippen molar-refractivity contribution in [3.8, 4) is 0 Å². The van der Waals surface area contributed by atoms with E-state index >= 15 is 0 Å². The number of Topliss-reactive ketones (excluding diaryl/α,β-unsaturated/α-hetero) is 1. The van der Waals surface area contributed by atoms with Crippen LogP contribution in [0.1, 0.15) is 51.9 Å². The van der Waals surface area contributed by atoms with Crippen molar-refractivity contribution in [1.82, 2.24) is 4.90 Å². The van der Waals surface area contributed by atoms with Crippen molar-refractivity contribution in [3.05, 3.63) is 0 Å². The molecule has 0 aromatic heterocycles. The van der Waals surface area contributed by atoms with E-state index in [-0.39, 0.29) is 17.3 Å². The first-order valence-corrected chi connectivity index (χ1v) is 8.09. The molecule has 20 heavy (non-hydrogen) atoms. The molecule has 4 unspecified atom stereocenters. The number of rotatable bonds is 0. The molecule has 0 N–H and O–H groups in total. The molecule has 4 rings (SSSR count). The van der Waals surface area contributed by atoms with E-state index in [0.717, 1.165) is 45.2 Å². The Morgan fingerprint density at radius 1 is 1.25 bits per heavy atom. The zero-order valence-electron chi connectivity index (χ0n) is 12.2. The summed E-state index contributed by atoms with van der Waals surface area (Å²) in [5.74, 6) is 1.04. The Bertz CT molecular complexity index is 476. The molecule has 0 aromatic rings. The third-order valence-electron chi connectivity index (χ3n) is 6.24. The van der Waals surface area contributed by atoms with Crippen LogP contribution in [0.25, 0.3) is 0 Å². The molecule has 4 aliphatic rings. The maximum Gasteiger partial charge on any atom is 0.307 e. The minimum atomic E-state index is -0.601. The molecule has 110 valence electrons. The molecular formula is C16H23NO3. The number of ketones is 1. The van der Waals surface area contributed by atoms with E-state index in [1.165, 1.54) is 0 Å². The predicted molar refractivity (Wildman–Crippen MR) is 72.8 cm³/mol. The summed E-state index contributed by atoms with van der Waals surface area (Å²) in [5, 5.41) is 0. The third-order valence-corrected chi connectivity index (χ3v) is 6.24.